The molecular weight excluding hydrogens is 705 g/mol. The second-order valence-corrected chi connectivity index (χ2v) is 16.0. The van der Waals surface area contributed by atoms with E-state index in [1.54, 1.807) is 36.4 Å². The highest BCUT2D eigenvalue weighted by atomic mass is 32.2. The lowest BCUT2D eigenvalue weighted by Gasteiger charge is -2.34. The van der Waals surface area contributed by atoms with Crippen LogP contribution < -0.4 is 5.73 Å². The fourth-order valence-corrected chi connectivity index (χ4v) is 6.13. The Hall–Kier alpha value is -4.00. The maximum atomic E-state index is 10.5. The summed E-state index contributed by atoms with van der Waals surface area (Å²) in [6.45, 7) is 6.57. The molecule has 0 aliphatic carbocycles. The number of piperidine rings is 1. The lowest BCUT2D eigenvalue weighted by molar-refractivity contribution is 0.165. The number of imidazole rings is 1. The van der Waals surface area contributed by atoms with E-state index in [-0.39, 0.29) is 14.7 Å². The van der Waals surface area contributed by atoms with Gasteiger partial charge in [-0.1, -0.05) is 65.2 Å². The number of H-pyrrole nitrogens is 1. The molecular formula is C34H42N4O9S3. The Balaban J connectivity index is 0.000000185. The average molecular weight is 747 g/mol. The summed E-state index contributed by atoms with van der Waals surface area (Å²) in [4.78, 5) is 10.2. The number of nitrogens with one attached hydrogen (secondary N) is 1. The van der Waals surface area contributed by atoms with Gasteiger partial charge in [-0.2, -0.15) is 25.3 Å². The zero-order valence-electron chi connectivity index (χ0n) is 28.0. The van der Waals surface area contributed by atoms with Crippen LogP contribution >= 0.6 is 0 Å². The number of hydrogen-bond donors (Lipinski definition) is 5. The van der Waals surface area contributed by atoms with Crippen LogP contribution in [0.4, 0.5) is 0 Å². The molecule has 2 heterocycles. The van der Waals surface area contributed by atoms with Crippen molar-refractivity contribution in [1.82, 2.24) is 14.9 Å². The number of aryl methyl sites for hydroxylation is 3. The van der Waals surface area contributed by atoms with Crippen LogP contribution in [0, 0.1) is 20.8 Å². The van der Waals surface area contributed by atoms with E-state index in [9.17, 15) is 25.3 Å². The SMILES string of the molecule is CN1CC[C@@H](N)C[C@@H]1c1nc2ccccc2[nH]1.Cc1ccc(S(=O)(=O)O)cc1.Cc1ccc(S(=O)(=O)O)cc1.Cc1ccc(S(=O)(=O)O)cc1. The Bertz CT molecular complexity index is 1960. The van der Waals surface area contributed by atoms with Gasteiger partial charge in [0.25, 0.3) is 30.4 Å². The van der Waals surface area contributed by atoms with Crippen LogP contribution in [0.3, 0.4) is 0 Å². The number of para-hydroxylation sites is 2. The second kappa shape index (κ2) is 17.3. The number of hydrogen-bond acceptors (Lipinski definition) is 9. The van der Waals surface area contributed by atoms with Crippen LogP contribution in [0.1, 0.15) is 41.4 Å². The molecule has 0 amide bonds. The molecule has 1 aliphatic rings. The molecule has 270 valence electrons. The third-order valence-electron chi connectivity index (χ3n) is 7.59. The van der Waals surface area contributed by atoms with Crippen LogP contribution in [0.2, 0.25) is 0 Å². The van der Waals surface area contributed by atoms with Gasteiger partial charge in [-0.3, -0.25) is 18.6 Å². The third kappa shape index (κ3) is 12.7. The zero-order chi connectivity index (χ0) is 37.3. The van der Waals surface area contributed by atoms with Gasteiger partial charge in [0.2, 0.25) is 0 Å². The maximum Gasteiger partial charge on any atom is 0.294 e. The van der Waals surface area contributed by atoms with Crippen molar-refractivity contribution in [3.05, 3.63) is 120 Å². The molecule has 5 aromatic rings. The van der Waals surface area contributed by atoms with Crippen LogP contribution in [-0.4, -0.2) is 73.4 Å². The van der Waals surface area contributed by atoms with Crippen molar-refractivity contribution in [2.45, 2.75) is 60.4 Å². The molecule has 2 atom stereocenters. The van der Waals surface area contributed by atoms with Gasteiger partial charge in [-0.15, -0.1) is 0 Å². The van der Waals surface area contributed by atoms with Crippen LogP contribution in [0.25, 0.3) is 11.0 Å². The van der Waals surface area contributed by atoms with Crippen LogP contribution in [-0.2, 0) is 30.4 Å². The summed E-state index contributed by atoms with van der Waals surface area (Å²) in [5.74, 6) is 1.05. The van der Waals surface area contributed by atoms with Gasteiger partial charge in [0.05, 0.1) is 31.8 Å². The predicted octanol–water partition coefficient (Wildman–Crippen LogP) is 5.38. The maximum absolute atomic E-state index is 10.5. The van der Waals surface area contributed by atoms with E-state index in [1.807, 2.05) is 39.0 Å². The van der Waals surface area contributed by atoms with Gasteiger partial charge < -0.3 is 10.7 Å². The first kappa shape index (κ1) is 40.4. The summed E-state index contributed by atoms with van der Waals surface area (Å²) in [5.41, 5.74) is 11.1. The minimum Gasteiger partial charge on any atom is -0.341 e. The first-order valence-electron chi connectivity index (χ1n) is 15.3. The molecule has 1 saturated heterocycles. The van der Waals surface area contributed by atoms with Gasteiger partial charge in [0, 0.05) is 12.6 Å². The quantitative estimate of drug-likeness (QED) is 0.146. The van der Waals surface area contributed by atoms with E-state index in [4.69, 9.17) is 19.4 Å². The van der Waals surface area contributed by atoms with Crippen molar-refractivity contribution in [2.75, 3.05) is 13.6 Å². The number of nitrogens with two attached hydrogens (primary N) is 1. The molecule has 0 spiro atoms. The molecule has 13 nitrogen and oxygen atoms in total. The third-order valence-corrected chi connectivity index (χ3v) is 10.2. The second-order valence-electron chi connectivity index (χ2n) is 11.8. The number of aromatic nitrogens is 2. The summed E-state index contributed by atoms with van der Waals surface area (Å²) >= 11 is 0. The largest absolute Gasteiger partial charge is 0.341 e. The Morgan fingerprint density at radius 1 is 0.660 bits per heavy atom. The normalized spacial score (nSPS) is 16.6. The molecule has 1 aliphatic heterocycles. The van der Waals surface area contributed by atoms with E-state index >= 15 is 0 Å². The molecule has 0 radical (unpaired) electrons. The number of nitrogens with zero attached hydrogens (tertiary/aromatic N) is 2. The number of likely N-dealkylation sites (tertiary alicyclic amines) is 1. The smallest absolute Gasteiger partial charge is 0.294 e. The van der Waals surface area contributed by atoms with E-state index in [1.165, 1.54) is 36.4 Å². The van der Waals surface area contributed by atoms with E-state index < -0.39 is 30.4 Å². The Kier molecular flexibility index (Phi) is 14.0. The van der Waals surface area contributed by atoms with Crippen molar-refractivity contribution in [2.24, 2.45) is 5.73 Å². The van der Waals surface area contributed by atoms with Gasteiger partial charge in [-0.05, 0) is 89.2 Å². The van der Waals surface area contributed by atoms with Crippen LogP contribution in [0.5, 0.6) is 0 Å². The summed E-state index contributed by atoms with van der Waals surface area (Å²) in [7, 11) is -9.92. The van der Waals surface area contributed by atoms with E-state index in [0.29, 0.717) is 12.1 Å². The molecule has 1 aromatic heterocycles. The Labute approximate surface area is 293 Å². The monoisotopic (exact) mass is 746 g/mol. The molecule has 6 rings (SSSR count). The number of rotatable bonds is 4. The number of fused-ring (bicyclic) bond motifs is 1. The molecule has 0 bridgehead atoms. The molecule has 0 saturated carbocycles. The zero-order valence-corrected chi connectivity index (χ0v) is 30.5. The first-order chi connectivity index (χ1) is 23.2. The van der Waals surface area contributed by atoms with Gasteiger partial charge in [0.15, 0.2) is 0 Å². The summed E-state index contributed by atoms with van der Waals surface area (Å²) in [6.07, 6.45) is 2.06. The summed E-state index contributed by atoms with van der Waals surface area (Å²) in [6, 6.07) is 26.7. The molecule has 0 unspecified atom stereocenters. The first-order valence-corrected chi connectivity index (χ1v) is 19.6. The van der Waals surface area contributed by atoms with E-state index in [2.05, 4.69) is 28.0 Å². The highest BCUT2D eigenvalue weighted by molar-refractivity contribution is 7.86. The number of benzene rings is 4. The fourth-order valence-electron chi connectivity index (χ4n) is 4.69. The lowest BCUT2D eigenvalue weighted by atomic mass is 9.98. The van der Waals surface area contributed by atoms with Crippen LogP contribution in [0.15, 0.2) is 112 Å². The highest BCUT2D eigenvalue weighted by Gasteiger charge is 2.27. The van der Waals surface area contributed by atoms with Crippen molar-refractivity contribution in [3.8, 4) is 0 Å². The topological polar surface area (TPSA) is 221 Å². The van der Waals surface area contributed by atoms with E-state index in [0.717, 1.165) is 52.9 Å². The molecule has 50 heavy (non-hydrogen) atoms. The molecule has 6 N–H and O–H groups in total. The van der Waals surface area contributed by atoms with Crippen molar-refractivity contribution in [1.29, 1.82) is 0 Å². The predicted molar refractivity (Wildman–Crippen MR) is 192 cm³/mol. The minimum atomic E-state index is -4.02. The summed E-state index contributed by atoms with van der Waals surface area (Å²) < 4.78 is 88.7. The van der Waals surface area contributed by atoms with Gasteiger partial charge >= 0.3 is 0 Å². The molecule has 1 fully saturated rings. The van der Waals surface area contributed by atoms with Gasteiger partial charge in [-0.25, -0.2) is 4.98 Å². The lowest BCUT2D eigenvalue weighted by Crippen LogP contribution is -2.40. The molecule has 4 aromatic carbocycles. The Morgan fingerprint density at radius 2 is 1.04 bits per heavy atom. The average Bonchev–Trinajstić information content (AvgIpc) is 3.47. The molecule has 16 heteroatoms. The fraction of sp³-hybridized carbons (Fsp3) is 0.265. The van der Waals surface area contributed by atoms with Crippen molar-refractivity contribution < 1.29 is 38.9 Å². The van der Waals surface area contributed by atoms with Crippen molar-refractivity contribution in [3.63, 3.8) is 0 Å². The highest BCUT2D eigenvalue weighted by Crippen LogP contribution is 2.28. The Morgan fingerprint density at radius 3 is 1.40 bits per heavy atom. The minimum absolute atomic E-state index is 0.0666. The standard InChI is InChI=1S/C13H18N4.3C7H8O3S/c1-17-7-6-9(14)8-12(17)13-15-10-4-2-3-5-11(10)16-13;3*1-6-2-4-7(5-3-6)11(8,9)10/h2-5,9,12H,6-8,14H2,1H3,(H,15,16);3*2-5H,1H3,(H,8,9,10)/t9-,12-;;;/m1.../s1. The van der Waals surface area contributed by atoms with Crippen molar-refractivity contribution >= 4 is 41.4 Å². The number of aromatic amines is 1. The van der Waals surface area contributed by atoms with Gasteiger partial charge in [0.1, 0.15) is 5.82 Å². The summed E-state index contributed by atoms with van der Waals surface area (Å²) in [5, 5.41) is 0.